The minimum absolute atomic E-state index is 0. The van der Waals surface area contributed by atoms with Crippen LogP contribution < -0.4 is 10.6 Å². The molecule has 132 valence electrons. The van der Waals surface area contributed by atoms with Gasteiger partial charge < -0.3 is 15.5 Å². The minimum Gasteiger partial charge on any atom is -0.357 e. The summed E-state index contributed by atoms with van der Waals surface area (Å²) in [5.74, 6) is 0.914. The number of guanidine groups is 1. The number of nitrogens with zero attached hydrogens (tertiary/aromatic N) is 2. The van der Waals surface area contributed by atoms with E-state index in [2.05, 4.69) is 80.7 Å². The van der Waals surface area contributed by atoms with Crippen molar-refractivity contribution < 1.29 is 0 Å². The largest absolute Gasteiger partial charge is 0.357 e. The minimum atomic E-state index is 0. The van der Waals surface area contributed by atoms with Gasteiger partial charge in [-0.05, 0) is 46.3 Å². The molecule has 0 fully saturated rings. The number of benzene rings is 1. The predicted octanol–water partition coefficient (Wildman–Crippen LogP) is 3.13. The predicted molar refractivity (Wildman–Crippen MR) is 112 cm³/mol. The van der Waals surface area contributed by atoms with Gasteiger partial charge in [0.25, 0.3) is 0 Å². The fourth-order valence-corrected chi connectivity index (χ4v) is 2.15. The van der Waals surface area contributed by atoms with Crippen LogP contribution in [-0.4, -0.2) is 50.1 Å². The van der Waals surface area contributed by atoms with Crippen LogP contribution in [0, 0.1) is 0 Å². The highest BCUT2D eigenvalue weighted by molar-refractivity contribution is 14.0. The molecule has 0 bridgehead atoms. The van der Waals surface area contributed by atoms with Gasteiger partial charge in [-0.25, -0.2) is 0 Å². The van der Waals surface area contributed by atoms with E-state index in [-0.39, 0.29) is 24.0 Å². The third-order valence-corrected chi connectivity index (χ3v) is 3.84. The highest BCUT2D eigenvalue weighted by Gasteiger charge is 2.12. The molecular weight excluding hydrogens is 399 g/mol. The third-order valence-electron chi connectivity index (χ3n) is 3.84. The lowest BCUT2D eigenvalue weighted by molar-refractivity contribution is 0.298. The van der Waals surface area contributed by atoms with E-state index in [0.29, 0.717) is 12.1 Å². The van der Waals surface area contributed by atoms with E-state index < -0.39 is 0 Å². The normalized spacial score (nSPS) is 14.1. The monoisotopic (exact) mass is 432 g/mol. The van der Waals surface area contributed by atoms with Crippen molar-refractivity contribution >= 4 is 29.9 Å². The second kappa shape index (κ2) is 12.6. The van der Waals surface area contributed by atoms with E-state index in [4.69, 9.17) is 4.99 Å². The first-order chi connectivity index (χ1) is 10.6. The molecule has 23 heavy (non-hydrogen) atoms. The van der Waals surface area contributed by atoms with Crippen molar-refractivity contribution in [3.8, 4) is 0 Å². The smallest absolute Gasteiger partial charge is 0.191 e. The quantitative estimate of drug-likeness (QED) is 0.377. The van der Waals surface area contributed by atoms with Crippen LogP contribution in [0.3, 0.4) is 0 Å². The number of aliphatic imine (C=N–C) groups is 1. The second-order valence-electron chi connectivity index (χ2n) is 5.98. The standard InChI is InChI=1S/C18H32N4.HI/c1-6-15(3)21-18(19-7-2)20-14-17(22(4)5)13-16-11-9-8-10-12-16;/h8-12,15,17H,6-7,13-14H2,1-5H3,(H2,19,20,21);1H. The Morgan fingerprint density at radius 1 is 1.17 bits per heavy atom. The molecule has 0 heterocycles. The topological polar surface area (TPSA) is 39.7 Å². The zero-order valence-electron chi connectivity index (χ0n) is 15.2. The maximum Gasteiger partial charge on any atom is 0.191 e. The molecule has 0 saturated carbocycles. The Bertz CT molecular complexity index is 434. The molecule has 0 aliphatic rings. The highest BCUT2D eigenvalue weighted by Crippen LogP contribution is 2.07. The van der Waals surface area contributed by atoms with Gasteiger partial charge in [-0.1, -0.05) is 37.3 Å². The van der Waals surface area contributed by atoms with Crippen LogP contribution in [0.4, 0.5) is 0 Å². The van der Waals surface area contributed by atoms with Gasteiger partial charge in [-0.15, -0.1) is 24.0 Å². The number of halogens is 1. The Morgan fingerprint density at radius 3 is 2.35 bits per heavy atom. The first kappa shape index (κ1) is 22.2. The maximum atomic E-state index is 4.77. The van der Waals surface area contributed by atoms with Crippen molar-refractivity contribution in [2.75, 3.05) is 27.2 Å². The lowest BCUT2D eigenvalue weighted by Crippen LogP contribution is -2.43. The first-order valence-corrected chi connectivity index (χ1v) is 8.32. The first-order valence-electron chi connectivity index (χ1n) is 8.32. The Morgan fingerprint density at radius 2 is 1.83 bits per heavy atom. The highest BCUT2D eigenvalue weighted by atomic mass is 127. The van der Waals surface area contributed by atoms with Crippen molar-refractivity contribution in [3.05, 3.63) is 35.9 Å². The Kier molecular flexibility index (Phi) is 12.1. The van der Waals surface area contributed by atoms with Gasteiger partial charge in [0.05, 0.1) is 6.54 Å². The van der Waals surface area contributed by atoms with Crippen molar-refractivity contribution in [1.82, 2.24) is 15.5 Å². The van der Waals surface area contributed by atoms with E-state index in [9.17, 15) is 0 Å². The Hall–Kier alpha value is -0.820. The average Bonchev–Trinajstić information content (AvgIpc) is 2.51. The van der Waals surface area contributed by atoms with Crippen LogP contribution in [0.2, 0.25) is 0 Å². The molecule has 1 aromatic rings. The van der Waals surface area contributed by atoms with Crippen LogP contribution in [0.15, 0.2) is 35.3 Å². The van der Waals surface area contributed by atoms with E-state index in [0.717, 1.165) is 31.9 Å². The van der Waals surface area contributed by atoms with Gasteiger partial charge in [-0.2, -0.15) is 0 Å². The fraction of sp³-hybridized carbons (Fsp3) is 0.611. The van der Waals surface area contributed by atoms with E-state index in [1.54, 1.807) is 0 Å². The Labute approximate surface area is 159 Å². The number of hydrogen-bond acceptors (Lipinski definition) is 2. The third kappa shape index (κ3) is 9.15. The second-order valence-corrected chi connectivity index (χ2v) is 5.98. The van der Waals surface area contributed by atoms with Crippen molar-refractivity contribution in [2.45, 2.75) is 45.7 Å². The lowest BCUT2D eigenvalue weighted by atomic mass is 10.1. The molecule has 2 atom stereocenters. The summed E-state index contributed by atoms with van der Waals surface area (Å²) in [6, 6.07) is 11.5. The van der Waals surface area contributed by atoms with E-state index >= 15 is 0 Å². The molecule has 5 heteroatoms. The molecule has 0 aliphatic carbocycles. The summed E-state index contributed by atoms with van der Waals surface area (Å²) in [5.41, 5.74) is 1.36. The molecule has 0 aromatic heterocycles. The molecule has 1 aromatic carbocycles. The molecule has 2 N–H and O–H groups in total. The molecule has 0 radical (unpaired) electrons. The van der Waals surface area contributed by atoms with Crippen LogP contribution in [0.1, 0.15) is 32.8 Å². The molecule has 2 unspecified atom stereocenters. The van der Waals surface area contributed by atoms with Gasteiger partial charge in [0.2, 0.25) is 0 Å². The van der Waals surface area contributed by atoms with Crippen molar-refractivity contribution in [1.29, 1.82) is 0 Å². The SMILES string of the molecule is CCNC(=NCC(Cc1ccccc1)N(C)C)NC(C)CC.I. The summed E-state index contributed by atoms with van der Waals surface area (Å²) in [7, 11) is 4.25. The van der Waals surface area contributed by atoms with Gasteiger partial charge in [0.15, 0.2) is 5.96 Å². The molecule has 0 spiro atoms. The molecule has 0 saturated heterocycles. The number of nitrogens with one attached hydrogen (secondary N) is 2. The average molecular weight is 432 g/mol. The van der Waals surface area contributed by atoms with E-state index in [1.807, 2.05) is 0 Å². The number of hydrogen-bond donors (Lipinski definition) is 2. The van der Waals surface area contributed by atoms with Crippen LogP contribution >= 0.6 is 24.0 Å². The Balaban J connectivity index is 0.00000484. The van der Waals surface area contributed by atoms with Gasteiger partial charge in [0.1, 0.15) is 0 Å². The number of likely N-dealkylation sites (N-methyl/N-ethyl adjacent to an activating group) is 1. The molecule has 0 aliphatic heterocycles. The van der Waals surface area contributed by atoms with Crippen LogP contribution in [0.25, 0.3) is 0 Å². The molecule has 0 amide bonds. The van der Waals surface area contributed by atoms with Crippen LogP contribution in [0.5, 0.6) is 0 Å². The molecule has 1 rings (SSSR count). The van der Waals surface area contributed by atoms with Crippen LogP contribution in [-0.2, 0) is 6.42 Å². The van der Waals surface area contributed by atoms with Crippen molar-refractivity contribution in [3.63, 3.8) is 0 Å². The molecule has 4 nitrogen and oxygen atoms in total. The summed E-state index contributed by atoms with van der Waals surface area (Å²) in [4.78, 5) is 7.03. The summed E-state index contributed by atoms with van der Waals surface area (Å²) in [5, 5.41) is 6.77. The summed E-state index contributed by atoms with van der Waals surface area (Å²) in [6.07, 6.45) is 2.10. The maximum absolute atomic E-state index is 4.77. The summed E-state index contributed by atoms with van der Waals surface area (Å²) in [6.45, 7) is 8.13. The van der Waals surface area contributed by atoms with Crippen molar-refractivity contribution in [2.24, 2.45) is 4.99 Å². The van der Waals surface area contributed by atoms with Gasteiger partial charge >= 0.3 is 0 Å². The zero-order valence-corrected chi connectivity index (χ0v) is 17.5. The lowest BCUT2D eigenvalue weighted by Gasteiger charge is -2.24. The summed E-state index contributed by atoms with van der Waals surface area (Å²) >= 11 is 0. The fourth-order valence-electron chi connectivity index (χ4n) is 2.15. The van der Waals surface area contributed by atoms with Gasteiger partial charge in [-0.3, -0.25) is 4.99 Å². The zero-order chi connectivity index (χ0) is 16.4. The summed E-state index contributed by atoms with van der Waals surface area (Å²) < 4.78 is 0. The van der Waals surface area contributed by atoms with Gasteiger partial charge in [0, 0.05) is 18.6 Å². The molecular formula is C18H33IN4. The number of rotatable bonds is 8. The van der Waals surface area contributed by atoms with E-state index in [1.165, 1.54) is 5.56 Å².